The molecule has 1 unspecified atom stereocenters. The number of benzene rings is 1. The van der Waals surface area contributed by atoms with Gasteiger partial charge in [-0.1, -0.05) is 19.3 Å². The second kappa shape index (κ2) is 9.97. The number of hydrogen-bond donors (Lipinski definition) is 3. The standard InChI is InChI=1S/C17H27N3O3/c1-20(2)14-11-9-13(10-12-14)16(21)8-6-4-3-5-7-15(18)17(22)19-23/h9-12,15,23H,3-8,18H2,1-2H3,(H,19,22). The van der Waals surface area contributed by atoms with Crippen LogP contribution in [0.4, 0.5) is 5.69 Å². The molecule has 6 heteroatoms. The van der Waals surface area contributed by atoms with Crippen molar-refractivity contribution in [1.82, 2.24) is 5.48 Å². The molecule has 1 amide bonds. The second-order valence-corrected chi connectivity index (χ2v) is 5.90. The lowest BCUT2D eigenvalue weighted by atomic mass is 10.0. The fourth-order valence-electron chi connectivity index (χ4n) is 2.31. The Morgan fingerprint density at radius 1 is 1.13 bits per heavy atom. The van der Waals surface area contributed by atoms with Gasteiger partial charge in [-0.2, -0.15) is 0 Å². The van der Waals surface area contributed by atoms with Crippen LogP contribution in [0, 0.1) is 0 Å². The molecule has 128 valence electrons. The van der Waals surface area contributed by atoms with E-state index >= 15 is 0 Å². The molecule has 0 heterocycles. The third kappa shape index (κ3) is 6.80. The number of ketones is 1. The number of unbranched alkanes of at least 4 members (excludes halogenated alkanes) is 3. The van der Waals surface area contributed by atoms with Gasteiger partial charge in [0, 0.05) is 31.8 Å². The molecular formula is C17H27N3O3. The minimum atomic E-state index is -0.670. The molecule has 0 aromatic heterocycles. The van der Waals surface area contributed by atoms with Crippen molar-refractivity contribution < 1.29 is 14.8 Å². The number of hydrogen-bond acceptors (Lipinski definition) is 5. The number of nitrogens with one attached hydrogen (secondary N) is 1. The Hall–Kier alpha value is -1.92. The number of hydroxylamine groups is 1. The number of amides is 1. The summed E-state index contributed by atoms with van der Waals surface area (Å²) in [7, 11) is 3.93. The second-order valence-electron chi connectivity index (χ2n) is 5.90. The maximum absolute atomic E-state index is 12.1. The van der Waals surface area contributed by atoms with E-state index in [1.54, 1.807) is 5.48 Å². The number of anilines is 1. The smallest absolute Gasteiger partial charge is 0.260 e. The largest absolute Gasteiger partial charge is 0.378 e. The Morgan fingerprint density at radius 2 is 1.74 bits per heavy atom. The molecule has 0 aliphatic rings. The number of Topliss-reactive ketones (excluding diaryl/α,β-unsaturated/α-hetero) is 1. The van der Waals surface area contributed by atoms with Gasteiger partial charge < -0.3 is 10.6 Å². The Kier molecular flexibility index (Phi) is 8.29. The average Bonchev–Trinajstić information content (AvgIpc) is 2.56. The Bertz CT molecular complexity index is 500. The first-order valence-electron chi connectivity index (χ1n) is 7.96. The van der Waals surface area contributed by atoms with Crippen molar-refractivity contribution in [3.05, 3.63) is 29.8 Å². The summed E-state index contributed by atoms with van der Waals surface area (Å²) in [5.41, 5.74) is 8.94. The number of nitrogens with zero attached hydrogens (tertiary/aromatic N) is 1. The lowest BCUT2D eigenvalue weighted by molar-refractivity contribution is -0.130. The van der Waals surface area contributed by atoms with Gasteiger partial charge in [-0.3, -0.25) is 14.8 Å². The molecular weight excluding hydrogens is 294 g/mol. The molecule has 1 rings (SSSR count). The number of carbonyl (C=O) groups excluding carboxylic acids is 2. The maximum atomic E-state index is 12.1. The fourth-order valence-corrected chi connectivity index (χ4v) is 2.31. The van der Waals surface area contributed by atoms with E-state index in [1.807, 2.05) is 43.3 Å². The molecule has 4 N–H and O–H groups in total. The van der Waals surface area contributed by atoms with Crippen LogP contribution in [0.25, 0.3) is 0 Å². The van der Waals surface area contributed by atoms with E-state index in [0.29, 0.717) is 12.8 Å². The van der Waals surface area contributed by atoms with E-state index in [2.05, 4.69) is 0 Å². The van der Waals surface area contributed by atoms with Gasteiger partial charge in [-0.15, -0.1) is 0 Å². The Labute approximate surface area is 137 Å². The maximum Gasteiger partial charge on any atom is 0.260 e. The lowest BCUT2D eigenvalue weighted by Crippen LogP contribution is -2.38. The van der Waals surface area contributed by atoms with E-state index in [4.69, 9.17) is 10.9 Å². The zero-order valence-corrected chi connectivity index (χ0v) is 13.9. The SMILES string of the molecule is CN(C)c1ccc(C(=O)CCCCCCC(N)C(=O)NO)cc1. The fraction of sp³-hybridized carbons (Fsp3) is 0.529. The molecule has 1 aromatic rings. The van der Waals surface area contributed by atoms with Crippen LogP contribution in [0.3, 0.4) is 0 Å². The van der Waals surface area contributed by atoms with Gasteiger partial charge in [-0.05, 0) is 37.1 Å². The van der Waals surface area contributed by atoms with Crippen LogP contribution in [-0.2, 0) is 4.79 Å². The molecule has 0 aliphatic heterocycles. The van der Waals surface area contributed by atoms with Crippen LogP contribution >= 0.6 is 0 Å². The van der Waals surface area contributed by atoms with Crippen LogP contribution in [0.5, 0.6) is 0 Å². The quantitative estimate of drug-likeness (QED) is 0.265. The molecule has 0 spiro atoms. The summed E-state index contributed by atoms with van der Waals surface area (Å²) in [5.74, 6) is -0.395. The number of rotatable bonds is 10. The topological polar surface area (TPSA) is 95.7 Å². The predicted molar refractivity (Wildman–Crippen MR) is 90.7 cm³/mol. The van der Waals surface area contributed by atoms with Gasteiger partial charge in [0.1, 0.15) is 0 Å². The molecule has 0 bridgehead atoms. The third-order valence-corrected chi connectivity index (χ3v) is 3.82. The van der Waals surface area contributed by atoms with Gasteiger partial charge in [0.2, 0.25) is 0 Å². The van der Waals surface area contributed by atoms with Crippen molar-refractivity contribution >= 4 is 17.4 Å². The highest BCUT2D eigenvalue weighted by atomic mass is 16.5. The van der Waals surface area contributed by atoms with Crippen molar-refractivity contribution in [2.45, 2.75) is 44.6 Å². The summed E-state index contributed by atoms with van der Waals surface area (Å²) >= 11 is 0. The minimum Gasteiger partial charge on any atom is -0.378 e. The zero-order valence-electron chi connectivity index (χ0n) is 13.9. The van der Waals surface area contributed by atoms with Crippen molar-refractivity contribution in [3.63, 3.8) is 0 Å². The van der Waals surface area contributed by atoms with Crippen molar-refractivity contribution in [2.24, 2.45) is 5.73 Å². The number of carbonyl (C=O) groups is 2. The summed E-state index contributed by atoms with van der Waals surface area (Å²) in [6, 6.07) is 6.95. The van der Waals surface area contributed by atoms with Crippen LogP contribution in [-0.4, -0.2) is 37.0 Å². The van der Waals surface area contributed by atoms with E-state index in [9.17, 15) is 9.59 Å². The lowest BCUT2D eigenvalue weighted by Gasteiger charge is -2.12. The van der Waals surface area contributed by atoms with Gasteiger partial charge >= 0.3 is 0 Å². The van der Waals surface area contributed by atoms with E-state index < -0.39 is 11.9 Å². The van der Waals surface area contributed by atoms with Crippen molar-refractivity contribution in [2.75, 3.05) is 19.0 Å². The molecule has 23 heavy (non-hydrogen) atoms. The molecule has 6 nitrogen and oxygen atoms in total. The van der Waals surface area contributed by atoms with Crippen molar-refractivity contribution in [3.8, 4) is 0 Å². The molecule has 0 fully saturated rings. The van der Waals surface area contributed by atoms with Crippen LogP contribution < -0.4 is 16.1 Å². The van der Waals surface area contributed by atoms with Gasteiger partial charge in [0.25, 0.3) is 5.91 Å². The molecule has 1 atom stereocenters. The first-order chi connectivity index (χ1) is 11.0. The van der Waals surface area contributed by atoms with E-state index in [1.165, 1.54) is 0 Å². The highest BCUT2D eigenvalue weighted by molar-refractivity contribution is 5.96. The molecule has 1 aromatic carbocycles. The number of nitrogens with two attached hydrogens (primary N) is 1. The molecule has 0 radical (unpaired) electrons. The molecule has 0 saturated heterocycles. The van der Waals surface area contributed by atoms with Crippen LogP contribution in [0.15, 0.2) is 24.3 Å². The van der Waals surface area contributed by atoms with Gasteiger partial charge in [0.05, 0.1) is 6.04 Å². The minimum absolute atomic E-state index is 0.159. The highest BCUT2D eigenvalue weighted by Crippen LogP contribution is 2.15. The highest BCUT2D eigenvalue weighted by Gasteiger charge is 2.11. The van der Waals surface area contributed by atoms with Crippen LogP contribution in [0.1, 0.15) is 48.9 Å². The van der Waals surface area contributed by atoms with Gasteiger partial charge in [0.15, 0.2) is 5.78 Å². The molecule has 0 saturated carbocycles. The van der Waals surface area contributed by atoms with E-state index in [-0.39, 0.29) is 5.78 Å². The normalized spacial score (nSPS) is 11.8. The zero-order chi connectivity index (χ0) is 17.2. The van der Waals surface area contributed by atoms with Crippen molar-refractivity contribution in [1.29, 1.82) is 0 Å². The summed E-state index contributed by atoms with van der Waals surface area (Å²) in [6.45, 7) is 0. The summed E-state index contributed by atoms with van der Waals surface area (Å²) in [4.78, 5) is 25.1. The Balaban J connectivity index is 2.20. The van der Waals surface area contributed by atoms with E-state index in [0.717, 1.165) is 36.9 Å². The predicted octanol–water partition coefficient (Wildman–Crippen LogP) is 2.11. The first kappa shape index (κ1) is 19.1. The molecule has 0 aliphatic carbocycles. The third-order valence-electron chi connectivity index (χ3n) is 3.82. The van der Waals surface area contributed by atoms with Crippen LogP contribution in [0.2, 0.25) is 0 Å². The average molecular weight is 321 g/mol. The summed E-state index contributed by atoms with van der Waals surface area (Å²) in [6.07, 6.45) is 4.54. The monoisotopic (exact) mass is 321 g/mol. The summed E-state index contributed by atoms with van der Waals surface area (Å²) < 4.78 is 0. The first-order valence-corrected chi connectivity index (χ1v) is 7.96. The Morgan fingerprint density at radius 3 is 2.30 bits per heavy atom. The van der Waals surface area contributed by atoms with Gasteiger partial charge in [-0.25, -0.2) is 5.48 Å². The summed E-state index contributed by atoms with van der Waals surface area (Å²) in [5, 5.41) is 8.44.